The van der Waals surface area contributed by atoms with Crippen molar-refractivity contribution in [3.05, 3.63) is 63.6 Å². The lowest BCUT2D eigenvalue weighted by Crippen LogP contribution is -2.24. The Balaban J connectivity index is 1.76. The molecular formula is C16H17BrClNO. The highest BCUT2D eigenvalue weighted by Gasteiger charge is 2.07. The Labute approximate surface area is 133 Å². The van der Waals surface area contributed by atoms with E-state index in [0.717, 1.165) is 27.4 Å². The fraction of sp³-hybridized carbons (Fsp3) is 0.250. The first-order valence-electron chi connectivity index (χ1n) is 6.53. The van der Waals surface area contributed by atoms with Crippen molar-refractivity contribution >= 4 is 27.5 Å². The van der Waals surface area contributed by atoms with E-state index in [1.807, 2.05) is 48.5 Å². The van der Waals surface area contributed by atoms with Crippen molar-refractivity contribution in [1.82, 2.24) is 5.32 Å². The molecule has 0 amide bonds. The Morgan fingerprint density at radius 3 is 2.55 bits per heavy atom. The van der Waals surface area contributed by atoms with Crippen molar-refractivity contribution in [2.24, 2.45) is 0 Å². The molecule has 1 atom stereocenters. The minimum absolute atomic E-state index is 0.206. The van der Waals surface area contributed by atoms with Gasteiger partial charge in [0.05, 0.1) is 0 Å². The van der Waals surface area contributed by atoms with Gasteiger partial charge in [-0.2, -0.15) is 0 Å². The van der Waals surface area contributed by atoms with Gasteiger partial charge in [-0.05, 0) is 42.8 Å². The van der Waals surface area contributed by atoms with Gasteiger partial charge in [0.2, 0.25) is 0 Å². The highest BCUT2D eigenvalue weighted by atomic mass is 79.9. The summed E-state index contributed by atoms with van der Waals surface area (Å²) >= 11 is 9.57. The molecule has 20 heavy (non-hydrogen) atoms. The fourth-order valence-electron chi connectivity index (χ4n) is 1.91. The second kappa shape index (κ2) is 7.67. The predicted octanol–water partition coefficient (Wildman–Crippen LogP) is 4.83. The molecule has 0 aromatic heterocycles. The van der Waals surface area contributed by atoms with E-state index in [-0.39, 0.29) is 6.04 Å². The largest absolute Gasteiger partial charge is 0.492 e. The van der Waals surface area contributed by atoms with Crippen LogP contribution >= 0.6 is 27.5 Å². The van der Waals surface area contributed by atoms with Crippen LogP contribution in [0.5, 0.6) is 5.75 Å². The number of hydrogen-bond donors (Lipinski definition) is 1. The van der Waals surface area contributed by atoms with Gasteiger partial charge in [-0.3, -0.25) is 0 Å². The lowest BCUT2D eigenvalue weighted by molar-refractivity contribution is 0.307. The average Bonchev–Trinajstić information content (AvgIpc) is 2.46. The number of benzene rings is 2. The summed E-state index contributed by atoms with van der Waals surface area (Å²) in [4.78, 5) is 0. The van der Waals surface area contributed by atoms with Gasteiger partial charge >= 0.3 is 0 Å². The van der Waals surface area contributed by atoms with Gasteiger partial charge in [-0.15, -0.1) is 0 Å². The third kappa shape index (κ3) is 4.51. The number of nitrogens with one attached hydrogen (secondary N) is 1. The van der Waals surface area contributed by atoms with E-state index in [9.17, 15) is 0 Å². The molecule has 0 spiro atoms. The SMILES string of the molecule is CC(NCCOc1ccc(Br)cc1)c1ccccc1Cl. The average molecular weight is 355 g/mol. The van der Waals surface area contributed by atoms with Crippen LogP contribution in [-0.4, -0.2) is 13.2 Å². The minimum Gasteiger partial charge on any atom is -0.492 e. The van der Waals surface area contributed by atoms with Crippen LogP contribution in [0.4, 0.5) is 0 Å². The highest BCUT2D eigenvalue weighted by molar-refractivity contribution is 9.10. The lowest BCUT2D eigenvalue weighted by atomic mass is 10.1. The van der Waals surface area contributed by atoms with Gasteiger partial charge < -0.3 is 10.1 Å². The van der Waals surface area contributed by atoms with E-state index in [1.165, 1.54) is 0 Å². The molecule has 0 radical (unpaired) electrons. The first-order valence-corrected chi connectivity index (χ1v) is 7.70. The number of ether oxygens (including phenoxy) is 1. The summed E-state index contributed by atoms with van der Waals surface area (Å²) in [6.45, 7) is 3.49. The lowest BCUT2D eigenvalue weighted by Gasteiger charge is -2.16. The Bertz CT molecular complexity index is 544. The third-order valence-corrected chi connectivity index (χ3v) is 3.88. The van der Waals surface area contributed by atoms with Gasteiger partial charge in [0.25, 0.3) is 0 Å². The first kappa shape index (κ1) is 15.4. The summed E-state index contributed by atoms with van der Waals surface area (Å²) < 4.78 is 6.71. The monoisotopic (exact) mass is 353 g/mol. The molecule has 0 aliphatic heterocycles. The van der Waals surface area contributed by atoms with Crippen LogP contribution in [-0.2, 0) is 0 Å². The molecule has 0 saturated heterocycles. The van der Waals surface area contributed by atoms with Crippen LogP contribution in [0.1, 0.15) is 18.5 Å². The summed E-state index contributed by atoms with van der Waals surface area (Å²) in [5.41, 5.74) is 1.11. The molecule has 4 heteroatoms. The van der Waals surface area contributed by atoms with Crippen LogP contribution in [0.25, 0.3) is 0 Å². The first-order chi connectivity index (χ1) is 9.66. The smallest absolute Gasteiger partial charge is 0.119 e. The normalized spacial score (nSPS) is 12.2. The van der Waals surface area contributed by atoms with E-state index in [1.54, 1.807) is 0 Å². The second-order valence-corrected chi connectivity index (χ2v) is 5.82. The topological polar surface area (TPSA) is 21.3 Å². The molecule has 1 unspecified atom stereocenters. The zero-order valence-corrected chi connectivity index (χ0v) is 13.6. The van der Waals surface area contributed by atoms with Crippen LogP contribution in [0.3, 0.4) is 0 Å². The molecule has 2 aromatic rings. The molecule has 0 aliphatic rings. The molecule has 106 valence electrons. The minimum atomic E-state index is 0.206. The molecule has 0 heterocycles. The molecule has 0 saturated carbocycles. The van der Waals surface area contributed by atoms with Crippen molar-refractivity contribution in [2.45, 2.75) is 13.0 Å². The molecule has 1 N–H and O–H groups in total. The number of hydrogen-bond acceptors (Lipinski definition) is 2. The summed E-state index contributed by atoms with van der Waals surface area (Å²) in [6.07, 6.45) is 0. The van der Waals surface area contributed by atoms with E-state index >= 15 is 0 Å². The van der Waals surface area contributed by atoms with E-state index < -0.39 is 0 Å². The zero-order valence-electron chi connectivity index (χ0n) is 11.3. The molecule has 2 aromatic carbocycles. The quantitative estimate of drug-likeness (QED) is 0.750. The van der Waals surface area contributed by atoms with Crippen molar-refractivity contribution < 1.29 is 4.74 Å². The number of rotatable bonds is 6. The second-order valence-electron chi connectivity index (χ2n) is 4.50. The Hall–Kier alpha value is -1.03. The Morgan fingerprint density at radius 2 is 1.85 bits per heavy atom. The van der Waals surface area contributed by atoms with Crippen molar-refractivity contribution in [3.63, 3.8) is 0 Å². The molecular weight excluding hydrogens is 338 g/mol. The van der Waals surface area contributed by atoms with E-state index in [2.05, 4.69) is 28.2 Å². The highest BCUT2D eigenvalue weighted by Crippen LogP contribution is 2.22. The van der Waals surface area contributed by atoms with Crippen molar-refractivity contribution in [2.75, 3.05) is 13.2 Å². The van der Waals surface area contributed by atoms with Gasteiger partial charge in [-0.1, -0.05) is 45.7 Å². The van der Waals surface area contributed by atoms with Gasteiger partial charge in [0, 0.05) is 22.1 Å². The van der Waals surface area contributed by atoms with E-state index in [4.69, 9.17) is 16.3 Å². The molecule has 0 fully saturated rings. The summed E-state index contributed by atoms with van der Waals surface area (Å²) in [6, 6.07) is 15.9. The van der Waals surface area contributed by atoms with Gasteiger partial charge in [0.1, 0.15) is 12.4 Å². The third-order valence-electron chi connectivity index (χ3n) is 3.01. The van der Waals surface area contributed by atoms with Crippen molar-refractivity contribution in [1.29, 1.82) is 0 Å². The maximum absolute atomic E-state index is 6.17. The Morgan fingerprint density at radius 1 is 1.15 bits per heavy atom. The Kier molecular flexibility index (Phi) is 5.89. The summed E-state index contributed by atoms with van der Waals surface area (Å²) in [5.74, 6) is 0.875. The predicted molar refractivity (Wildman–Crippen MR) is 87.5 cm³/mol. The molecule has 0 bridgehead atoms. The van der Waals surface area contributed by atoms with Crippen LogP contribution in [0, 0.1) is 0 Å². The standard InChI is InChI=1S/C16H17BrClNO/c1-12(15-4-2-3-5-16(15)18)19-10-11-20-14-8-6-13(17)7-9-14/h2-9,12,19H,10-11H2,1H3. The number of halogens is 2. The molecule has 0 aliphatic carbocycles. The van der Waals surface area contributed by atoms with Crippen LogP contribution < -0.4 is 10.1 Å². The summed E-state index contributed by atoms with van der Waals surface area (Å²) in [5, 5.41) is 4.20. The van der Waals surface area contributed by atoms with Crippen LogP contribution in [0.2, 0.25) is 5.02 Å². The summed E-state index contributed by atoms with van der Waals surface area (Å²) in [7, 11) is 0. The molecule has 2 rings (SSSR count). The van der Waals surface area contributed by atoms with Gasteiger partial charge in [-0.25, -0.2) is 0 Å². The van der Waals surface area contributed by atoms with Crippen molar-refractivity contribution in [3.8, 4) is 5.75 Å². The maximum Gasteiger partial charge on any atom is 0.119 e. The molecule has 2 nitrogen and oxygen atoms in total. The zero-order chi connectivity index (χ0) is 14.4. The fourth-order valence-corrected chi connectivity index (χ4v) is 2.48. The maximum atomic E-state index is 6.17. The van der Waals surface area contributed by atoms with E-state index in [0.29, 0.717) is 6.61 Å². The van der Waals surface area contributed by atoms with Gasteiger partial charge in [0.15, 0.2) is 0 Å². The van der Waals surface area contributed by atoms with Crippen LogP contribution in [0.15, 0.2) is 53.0 Å².